The van der Waals surface area contributed by atoms with E-state index in [0.29, 0.717) is 48.8 Å². The van der Waals surface area contributed by atoms with E-state index >= 15 is 0 Å². The van der Waals surface area contributed by atoms with Gasteiger partial charge in [0.1, 0.15) is 5.75 Å². The molecule has 1 N–H and O–H groups in total. The van der Waals surface area contributed by atoms with Gasteiger partial charge in [-0.2, -0.15) is 0 Å². The summed E-state index contributed by atoms with van der Waals surface area (Å²) in [5.41, 5.74) is 1.70. The Bertz CT molecular complexity index is 1010. The Balaban J connectivity index is 1.63. The standard InChI is InChI=1S/C26H36N4O5/c1-5-35-25(32)22-20(16-29-13-14-30(17(2)15-29)24(31)18-9-8-10-18)28(3)26(33)27-23(22)19-11-6-7-12-21(19)34-4/h6-7,11-12,17-18,23H,5,8-10,13-16H2,1-4H3,(H,27,33). The molecule has 2 fully saturated rings. The molecule has 1 aromatic carbocycles. The Morgan fingerprint density at radius 1 is 1.17 bits per heavy atom. The minimum Gasteiger partial charge on any atom is -0.496 e. The predicted molar refractivity (Wildman–Crippen MR) is 131 cm³/mol. The molecule has 2 aliphatic heterocycles. The summed E-state index contributed by atoms with van der Waals surface area (Å²) in [4.78, 5) is 44.7. The lowest BCUT2D eigenvalue weighted by Gasteiger charge is -2.44. The minimum atomic E-state index is -0.692. The van der Waals surface area contributed by atoms with Crippen molar-refractivity contribution >= 4 is 17.9 Å². The first kappa shape index (κ1) is 25.0. The van der Waals surface area contributed by atoms with Crippen molar-refractivity contribution in [2.75, 3.05) is 46.9 Å². The second-order valence-electron chi connectivity index (χ2n) is 9.51. The third kappa shape index (κ3) is 5.00. The Labute approximate surface area is 207 Å². The number of nitrogens with one attached hydrogen (secondary N) is 1. The van der Waals surface area contributed by atoms with E-state index in [1.54, 1.807) is 21.1 Å². The largest absolute Gasteiger partial charge is 0.496 e. The zero-order valence-corrected chi connectivity index (χ0v) is 21.1. The Morgan fingerprint density at radius 2 is 1.91 bits per heavy atom. The lowest BCUT2D eigenvalue weighted by Crippen LogP contribution is -2.57. The van der Waals surface area contributed by atoms with Crippen molar-refractivity contribution in [3.05, 3.63) is 41.1 Å². The summed E-state index contributed by atoms with van der Waals surface area (Å²) in [5.74, 6) is 0.564. The van der Waals surface area contributed by atoms with Crippen LogP contribution in [0.2, 0.25) is 0 Å². The van der Waals surface area contributed by atoms with Crippen LogP contribution in [0.3, 0.4) is 0 Å². The first-order valence-electron chi connectivity index (χ1n) is 12.5. The fourth-order valence-corrected chi connectivity index (χ4v) is 5.14. The van der Waals surface area contributed by atoms with Crippen molar-refractivity contribution in [3.8, 4) is 5.75 Å². The summed E-state index contributed by atoms with van der Waals surface area (Å²) in [6, 6.07) is 6.43. The zero-order chi connectivity index (χ0) is 25.1. The number of hydrogen-bond acceptors (Lipinski definition) is 6. The molecule has 35 heavy (non-hydrogen) atoms. The van der Waals surface area contributed by atoms with E-state index in [0.717, 1.165) is 19.3 Å². The van der Waals surface area contributed by atoms with Crippen LogP contribution < -0.4 is 10.1 Å². The fourth-order valence-electron chi connectivity index (χ4n) is 5.14. The highest BCUT2D eigenvalue weighted by molar-refractivity contribution is 5.95. The van der Waals surface area contributed by atoms with Crippen LogP contribution in [0.15, 0.2) is 35.5 Å². The molecule has 190 valence electrons. The maximum Gasteiger partial charge on any atom is 0.338 e. The molecule has 3 aliphatic rings. The number of amides is 3. The third-order valence-corrected chi connectivity index (χ3v) is 7.34. The molecule has 3 amide bonds. The topological polar surface area (TPSA) is 91.4 Å². The Morgan fingerprint density at radius 3 is 2.54 bits per heavy atom. The maximum absolute atomic E-state index is 13.2. The van der Waals surface area contributed by atoms with Gasteiger partial charge in [-0.3, -0.25) is 14.6 Å². The van der Waals surface area contributed by atoms with Crippen molar-refractivity contribution in [3.63, 3.8) is 0 Å². The molecule has 0 radical (unpaired) electrons. The number of rotatable bonds is 7. The molecular weight excluding hydrogens is 448 g/mol. The van der Waals surface area contributed by atoms with Crippen molar-refractivity contribution < 1.29 is 23.9 Å². The van der Waals surface area contributed by atoms with E-state index in [1.807, 2.05) is 29.2 Å². The number of carbonyl (C=O) groups excluding carboxylic acids is 3. The number of methoxy groups -OCH3 is 1. The predicted octanol–water partition coefficient (Wildman–Crippen LogP) is 2.54. The van der Waals surface area contributed by atoms with Gasteiger partial charge in [-0.1, -0.05) is 24.6 Å². The van der Waals surface area contributed by atoms with E-state index in [9.17, 15) is 14.4 Å². The highest BCUT2D eigenvalue weighted by Crippen LogP contribution is 2.36. The van der Waals surface area contributed by atoms with Gasteiger partial charge >= 0.3 is 12.0 Å². The Hall–Kier alpha value is -3.07. The van der Waals surface area contributed by atoms with Gasteiger partial charge in [0.2, 0.25) is 5.91 Å². The number of nitrogens with zero attached hydrogens (tertiary/aromatic N) is 3. The number of benzene rings is 1. The van der Waals surface area contributed by atoms with Gasteiger partial charge in [-0.25, -0.2) is 9.59 Å². The van der Waals surface area contributed by atoms with Crippen LogP contribution in [0, 0.1) is 5.92 Å². The first-order valence-corrected chi connectivity index (χ1v) is 12.5. The first-order chi connectivity index (χ1) is 16.8. The minimum absolute atomic E-state index is 0.0660. The molecule has 0 bridgehead atoms. The monoisotopic (exact) mass is 484 g/mol. The van der Waals surface area contributed by atoms with E-state index in [-0.39, 0.29) is 30.5 Å². The number of ether oxygens (including phenoxy) is 2. The van der Waals surface area contributed by atoms with Crippen LogP contribution in [0.1, 0.15) is 44.7 Å². The fraction of sp³-hybridized carbons (Fsp3) is 0.577. The molecule has 1 aliphatic carbocycles. The van der Waals surface area contributed by atoms with Gasteiger partial charge in [-0.15, -0.1) is 0 Å². The molecule has 2 unspecified atom stereocenters. The molecule has 1 saturated heterocycles. The SMILES string of the molecule is CCOC(=O)C1=C(CN2CCN(C(=O)C3CCC3)C(C)C2)N(C)C(=O)NC1c1ccccc1OC. The van der Waals surface area contributed by atoms with Crippen LogP contribution in [0.5, 0.6) is 5.75 Å². The average molecular weight is 485 g/mol. The molecule has 9 nitrogen and oxygen atoms in total. The van der Waals surface area contributed by atoms with Crippen LogP contribution in [-0.2, 0) is 14.3 Å². The number of esters is 1. The van der Waals surface area contributed by atoms with Gasteiger partial charge < -0.3 is 19.7 Å². The molecule has 1 saturated carbocycles. The lowest BCUT2D eigenvalue weighted by atomic mass is 9.84. The molecule has 0 aromatic heterocycles. The molecule has 2 atom stereocenters. The smallest absolute Gasteiger partial charge is 0.338 e. The number of hydrogen-bond donors (Lipinski definition) is 1. The zero-order valence-electron chi connectivity index (χ0n) is 21.1. The van der Waals surface area contributed by atoms with Crippen LogP contribution in [-0.4, -0.2) is 85.6 Å². The number of carbonyl (C=O) groups is 3. The van der Waals surface area contributed by atoms with E-state index < -0.39 is 12.0 Å². The summed E-state index contributed by atoms with van der Waals surface area (Å²) >= 11 is 0. The average Bonchev–Trinajstić information content (AvgIpc) is 2.80. The van der Waals surface area contributed by atoms with Crippen molar-refractivity contribution in [2.24, 2.45) is 5.92 Å². The number of likely N-dealkylation sites (N-methyl/N-ethyl adjacent to an activating group) is 1. The van der Waals surface area contributed by atoms with E-state index in [1.165, 1.54) is 4.90 Å². The Kier molecular flexibility index (Phi) is 7.64. The molecule has 0 spiro atoms. The number of piperazine rings is 1. The number of para-hydroxylation sites is 1. The number of urea groups is 1. The summed E-state index contributed by atoms with van der Waals surface area (Å²) in [6.45, 7) is 6.46. The van der Waals surface area contributed by atoms with Crippen LogP contribution in [0.25, 0.3) is 0 Å². The van der Waals surface area contributed by atoms with Crippen molar-refractivity contribution in [1.29, 1.82) is 0 Å². The summed E-state index contributed by atoms with van der Waals surface area (Å²) in [5, 5.41) is 2.95. The van der Waals surface area contributed by atoms with Gasteiger partial charge in [0, 0.05) is 56.4 Å². The second kappa shape index (κ2) is 10.7. The molecule has 4 rings (SSSR count). The summed E-state index contributed by atoms with van der Waals surface area (Å²) in [6.07, 6.45) is 3.12. The van der Waals surface area contributed by atoms with E-state index in [4.69, 9.17) is 9.47 Å². The summed E-state index contributed by atoms with van der Waals surface area (Å²) < 4.78 is 11.0. The second-order valence-corrected chi connectivity index (χ2v) is 9.51. The third-order valence-electron chi connectivity index (χ3n) is 7.34. The van der Waals surface area contributed by atoms with Crippen LogP contribution >= 0.6 is 0 Å². The quantitative estimate of drug-likeness (QED) is 0.598. The van der Waals surface area contributed by atoms with Crippen LogP contribution in [0.4, 0.5) is 4.79 Å². The molecular formula is C26H36N4O5. The van der Waals surface area contributed by atoms with Gasteiger partial charge in [-0.05, 0) is 32.8 Å². The molecule has 9 heteroatoms. The summed E-state index contributed by atoms with van der Waals surface area (Å²) in [7, 11) is 3.23. The highest BCUT2D eigenvalue weighted by Gasteiger charge is 2.40. The van der Waals surface area contributed by atoms with Gasteiger partial charge in [0.15, 0.2) is 0 Å². The van der Waals surface area contributed by atoms with Gasteiger partial charge in [0.05, 0.1) is 25.3 Å². The van der Waals surface area contributed by atoms with Gasteiger partial charge in [0.25, 0.3) is 0 Å². The molecule has 2 heterocycles. The van der Waals surface area contributed by atoms with E-state index in [2.05, 4.69) is 17.1 Å². The lowest BCUT2D eigenvalue weighted by molar-refractivity contribution is -0.142. The molecule has 1 aromatic rings. The van der Waals surface area contributed by atoms with Crippen molar-refractivity contribution in [1.82, 2.24) is 20.0 Å². The normalized spacial score (nSPS) is 23.6. The van der Waals surface area contributed by atoms with Crippen molar-refractivity contribution in [2.45, 2.75) is 45.2 Å². The maximum atomic E-state index is 13.2. The highest BCUT2D eigenvalue weighted by atomic mass is 16.5.